The van der Waals surface area contributed by atoms with E-state index < -0.39 is 0 Å². The Bertz CT molecular complexity index is 208. The molecule has 0 aliphatic heterocycles. The average molecular weight is 183 g/mol. The minimum atomic E-state index is 0.361. The van der Waals surface area contributed by atoms with Crippen LogP contribution in [0.3, 0.4) is 0 Å². The van der Waals surface area contributed by atoms with Crippen LogP contribution in [-0.2, 0) is 0 Å². The first-order valence-electron chi connectivity index (χ1n) is 4.54. The molecule has 0 aliphatic carbocycles. The molecule has 13 heavy (non-hydrogen) atoms. The van der Waals surface area contributed by atoms with Crippen molar-refractivity contribution in [2.45, 2.75) is 13.0 Å². The second-order valence-corrected chi connectivity index (χ2v) is 3.03. The summed E-state index contributed by atoms with van der Waals surface area (Å²) in [7, 11) is 1.95. The Morgan fingerprint density at radius 2 is 2.31 bits per heavy atom. The summed E-state index contributed by atoms with van der Waals surface area (Å²) in [6.45, 7) is 5.01. The SMILES string of the molecule is CNCCNCC(C)n1cncn1. The fraction of sp³-hybridized carbons (Fsp3) is 0.750. The van der Waals surface area contributed by atoms with Gasteiger partial charge in [-0.25, -0.2) is 9.67 Å². The summed E-state index contributed by atoms with van der Waals surface area (Å²) in [5, 5.41) is 10.5. The molecule has 0 fully saturated rings. The lowest BCUT2D eigenvalue weighted by Gasteiger charge is -2.11. The van der Waals surface area contributed by atoms with Gasteiger partial charge in [-0.05, 0) is 14.0 Å². The fourth-order valence-electron chi connectivity index (χ4n) is 1.06. The molecule has 0 aromatic carbocycles. The van der Waals surface area contributed by atoms with Crippen LogP contribution in [0.25, 0.3) is 0 Å². The van der Waals surface area contributed by atoms with E-state index in [0.29, 0.717) is 6.04 Å². The van der Waals surface area contributed by atoms with Gasteiger partial charge in [0.25, 0.3) is 0 Å². The molecule has 5 heteroatoms. The van der Waals surface area contributed by atoms with E-state index in [0.717, 1.165) is 19.6 Å². The molecule has 0 bridgehead atoms. The van der Waals surface area contributed by atoms with E-state index >= 15 is 0 Å². The van der Waals surface area contributed by atoms with E-state index in [-0.39, 0.29) is 0 Å². The van der Waals surface area contributed by atoms with Gasteiger partial charge in [0.1, 0.15) is 12.7 Å². The lowest BCUT2D eigenvalue weighted by molar-refractivity contribution is 0.452. The molecule has 1 atom stereocenters. The smallest absolute Gasteiger partial charge is 0.137 e. The van der Waals surface area contributed by atoms with Crippen molar-refractivity contribution in [1.82, 2.24) is 25.4 Å². The Hall–Kier alpha value is -0.940. The Morgan fingerprint density at radius 3 is 2.92 bits per heavy atom. The predicted molar refractivity (Wildman–Crippen MR) is 51.5 cm³/mol. The van der Waals surface area contributed by atoms with Gasteiger partial charge in [-0.15, -0.1) is 0 Å². The summed E-state index contributed by atoms with van der Waals surface area (Å²) in [5.41, 5.74) is 0. The predicted octanol–water partition coefficient (Wildman–Crippen LogP) is -0.352. The topological polar surface area (TPSA) is 54.8 Å². The van der Waals surface area contributed by atoms with Gasteiger partial charge in [0.2, 0.25) is 0 Å². The second-order valence-electron chi connectivity index (χ2n) is 3.03. The summed E-state index contributed by atoms with van der Waals surface area (Å²) in [5.74, 6) is 0. The van der Waals surface area contributed by atoms with E-state index in [1.54, 1.807) is 12.7 Å². The van der Waals surface area contributed by atoms with Gasteiger partial charge in [-0.1, -0.05) is 0 Å². The molecular formula is C8H17N5. The highest BCUT2D eigenvalue weighted by Gasteiger charge is 2.02. The van der Waals surface area contributed by atoms with Gasteiger partial charge in [0.15, 0.2) is 0 Å². The lowest BCUT2D eigenvalue weighted by atomic mass is 10.3. The fourth-order valence-corrected chi connectivity index (χ4v) is 1.06. The highest BCUT2D eigenvalue weighted by atomic mass is 15.3. The highest BCUT2D eigenvalue weighted by molar-refractivity contribution is 4.66. The molecule has 0 saturated heterocycles. The van der Waals surface area contributed by atoms with Crippen molar-refractivity contribution < 1.29 is 0 Å². The van der Waals surface area contributed by atoms with E-state index in [1.165, 1.54) is 0 Å². The molecule has 0 radical (unpaired) electrons. The molecule has 0 spiro atoms. The standard InChI is InChI=1S/C8H17N5/c1-8(5-10-4-3-9-2)13-7-11-6-12-13/h6-10H,3-5H2,1-2H3. The Labute approximate surface area is 78.5 Å². The Kier molecular flexibility index (Phi) is 4.42. The number of hydrogen-bond donors (Lipinski definition) is 2. The van der Waals surface area contributed by atoms with Crippen LogP contribution in [0.15, 0.2) is 12.7 Å². The third kappa shape index (κ3) is 3.52. The summed E-state index contributed by atoms with van der Waals surface area (Å²) in [6, 6.07) is 0.361. The third-order valence-corrected chi connectivity index (χ3v) is 1.88. The molecule has 1 unspecified atom stereocenters. The van der Waals surface area contributed by atoms with Crippen LogP contribution in [0.5, 0.6) is 0 Å². The van der Waals surface area contributed by atoms with Crippen molar-refractivity contribution in [2.24, 2.45) is 0 Å². The van der Waals surface area contributed by atoms with Gasteiger partial charge < -0.3 is 10.6 Å². The van der Waals surface area contributed by atoms with Crippen LogP contribution < -0.4 is 10.6 Å². The molecule has 1 rings (SSSR count). The molecule has 74 valence electrons. The van der Waals surface area contributed by atoms with Crippen molar-refractivity contribution in [3.05, 3.63) is 12.7 Å². The van der Waals surface area contributed by atoms with Crippen LogP contribution in [0.4, 0.5) is 0 Å². The largest absolute Gasteiger partial charge is 0.318 e. The number of likely N-dealkylation sites (N-methyl/N-ethyl adjacent to an activating group) is 1. The summed E-state index contributed by atoms with van der Waals surface area (Å²) in [6.07, 6.45) is 3.30. The second kappa shape index (κ2) is 5.66. The van der Waals surface area contributed by atoms with Crippen molar-refractivity contribution in [2.75, 3.05) is 26.7 Å². The summed E-state index contributed by atoms with van der Waals surface area (Å²) in [4.78, 5) is 3.90. The van der Waals surface area contributed by atoms with Gasteiger partial charge >= 0.3 is 0 Å². The van der Waals surface area contributed by atoms with Crippen LogP contribution in [0.1, 0.15) is 13.0 Å². The number of rotatable bonds is 6. The first kappa shape index (κ1) is 10.1. The maximum absolute atomic E-state index is 4.06. The molecular weight excluding hydrogens is 166 g/mol. The number of nitrogens with zero attached hydrogens (tertiary/aromatic N) is 3. The van der Waals surface area contributed by atoms with Crippen molar-refractivity contribution in [3.8, 4) is 0 Å². The molecule has 0 aliphatic rings. The van der Waals surface area contributed by atoms with Gasteiger partial charge in [-0.2, -0.15) is 5.10 Å². The average Bonchev–Trinajstić information content (AvgIpc) is 2.65. The lowest BCUT2D eigenvalue weighted by Crippen LogP contribution is -2.29. The minimum Gasteiger partial charge on any atom is -0.318 e. The maximum atomic E-state index is 4.06. The number of nitrogens with one attached hydrogen (secondary N) is 2. The summed E-state index contributed by atoms with van der Waals surface area (Å²) < 4.78 is 1.85. The van der Waals surface area contributed by atoms with Gasteiger partial charge in [0.05, 0.1) is 6.04 Å². The normalized spacial score (nSPS) is 13.1. The number of hydrogen-bond acceptors (Lipinski definition) is 4. The quantitative estimate of drug-likeness (QED) is 0.592. The zero-order chi connectivity index (χ0) is 9.52. The van der Waals surface area contributed by atoms with E-state index in [1.807, 2.05) is 11.7 Å². The van der Waals surface area contributed by atoms with Crippen LogP contribution in [0.2, 0.25) is 0 Å². The van der Waals surface area contributed by atoms with E-state index in [4.69, 9.17) is 0 Å². The minimum absolute atomic E-state index is 0.361. The molecule has 2 N–H and O–H groups in total. The van der Waals surface area contributed by atoms with Crippen molar-refractivity contribution >= 4 is 0 Å². The Balaban J connectivity index is 2.15. The van der Waals surface area contributed by atoms with Crippen LogP contribution in [0, 0.1) is 0 Å². The van der Waals surface area contributed by atoms with Gasteiger partial charge in [0, 0.05) is 19.6 Å². The first-order valence-corrected chi connectivity index (χ1v) is 4.54. The van der Waals surface area contributed by atoms with E-state index in [2.05, 4.69) is 27.6 Å². The van der Waals surface area contributed by atoms with Crippen LogP contribution in [-0.4, -0.2) is 41.4 Å². The van der Waals surface area contributed by atoms with Crippen molar-refractivity contribution in [1.29, 1.82) is 0 Å². The summed E-state index contributed by atoms with van der Waals surface area (Å²) >= 11 is 0. The van der Waals surface area contributed by atoms with Gasteiger partial charge in [-0.3, -0.25) is 0 Å². The molecule has 1 heterocycles. The molecule has 1 aromatic heterocycles. The molecule has 5 nitrogen and oxygen atoms in total. The molecule has 1 aromatic rings. The zero-order valence-electron chi connectivity index (χ0n) is 8.20. The zero-order valence-corrected chi connectivity index (χ0v) is 8.20. The Morgan fingerprint density at radius 1 is 1.46 bits per heavy atom. The highest BCUT2D eigenvalue weighted by Crippen LogP contribution is 1.98. The van der Waals surface area contributed by atoms with E-state index in [9.17, 15) is 0 Å². The van der Waals surface area contributed by atoms with Crippen LogP contribution >= 0.6 is 0 Å². The maximum Gasteiger partial charge on any atom is 0.137 e. The molecule has 0 amide bonds. The molecule has 0 saturated carbocycles. The monoisotopic (exact) mass is 183 g/mol. The van der Waals surface area contributed by atoms with Crippen molar-refractivity contribution in [3.63, 3.8) is 0 Å². The third-order valence-electron chi connectivity index (χ3n) is 1.88. The first-order chi connectivity index (χ1) is 6.34. The number of aromatic nitrogens is 3.